The van der Waals surface area contributed by atoms with Gasteiger partial charge in [0.1, 0.15) is 6.04 Å². The molecule has 3 heterocycles. The van der Waals surface area contributed by atoms with Crippen LogP contribution in [0.3, 0.4) is 0 Å². The highest BCUT2D eigenvalue weighted by molar-refractivity contribution is 5.95. The Kier molecular flexibility index (Phi) is 6.93. The lowest BCUT2D eigenvalue weighted by molar-refractivity contribution is -0.131. The quantitative estimate of drug-likeness (QED) is 0.386. The molecule has 3 amide bonds. The Labute approximate surface area is 266 Å². The number of benzene rings is 2. The summed E-state index contributed by atoms with van der Waals surface area (Å²) in [5.74, 6) is -0.435. The first-order chi connectivity index (χ1) is 22.0. The molecule has 3 aromatic rings. The molecule has 1 unspecified atom stereocenters. The standard InChI is InChI=1S/C34H37N7O5/c1-33(2)27(38-17-28(42)40-23(16-35)13-22-14-26(22)40)15-34(31-39-32(45)46-41(31)33)24-9-7-20(29(43)36-3)11-18(24)5-6-19-12-21(30(44)37-4)8-10-25(19)34/h7-12,22-23,26-27,38H,5-6,13-15,17H2,1-4H3,(H,36,43)(H,37,44)/t22-,23?,26+,27+/m1/s1. The van der Waals surface area contributed by atoms with E-state index in [4.69, 9.17) is 4.52 Å². The molecular formula is C34H37N7O5. The zero-order chi connectivity index (χ0) is 32.5. The first kappa shape index (κ1) is 29.9. The number of amides is 3. The van der Waals surface area contributed by atoms with Crippen LogP contribution in [0.1, 0.15) is 81.9 Å². The van der Waals surface area contributed by atoms with Crippen molar-refractivity contribution in [3.63, 3.8) is 0 Å². The van der Waals surface area contributed by atoms with Crippen molar-refractivity contribution >= 4 is 17.7 Å². The van der Waals surface area contributed by atoms with Gasteiger partial charge in [-0.15, -0.1) is 0 Å². The molecule has 2 aromatic carbocycles. The number of nitriles is 1. The van der Waals surface area contributed by atoms with Gasteiger partial charge < -0.3 is 25.4 Å². The number of aromatic nitrogens is 2. The van der Waals surface area contributed by atoms with E-state index in [1.165, 1.54) is 0 Å². The minimum Gasteiger partial charge on any atom is -0.355 e. The van der Waals surface area contributed by atoms with Crippen molar-refractivity contribution in [2.75, 3.05) is 20.6 Å². The summed E-state index contributed by atoms with van der Waals surface area (Å²) < 4.78 is 7.39. The largest absolute Gasteiger partial charge is 0.459 e. The van der Waals surface area contributed by atoms with Crippen molar-refractivity contribution in [2.45, 2.75) is 75.0 Å². The van der Waals surface area contributed by atoms with Gasteiger partial charge in [-0.2, -0.15) is 15.0 Å². The number of carbonyl (C=O) groups is 3. The molecule has 7 rings (SSSR count). The number of hydrogen-bond donors (Lipinski definition) is 3. The Hall–Kier alpha value is -4.76. The second-order valence-electron chi connectivity index (χ2n) is 13.4. The number of fused-ring (bicyclic) bond motifs is 7. The fraction of sp³-hybridized carbons (Fsp3) is 0.471. The maximum Gasteiger partial charge on any atom is 0.459 e. The molecule has 1 spiro atoms. The third kappa shape index (κ3) is 4.40. The summed E-state index contributed by atoms with van der Waals surface area (Å²) in [6.07, 6.45) is 3.24. The predicted octanol–water partition coefficient (Wildman–Crippen LogP) is 1.60. The Balaban J connectivity index is 1.38. The first-order valence-corrected chi connectivity index (χ1v) is 15.8. The van der Waals surface area contributed by atoms with E-state index in [0.717, 1.165) is 35.1 Å². The van der Waals surface area contributed by atoms with E-state index in [1.54, 1.807) is 35.9 Å². The van der Waals surface area contributed by atoms with Gasteiger partial charge in [0.15, 0.2) is 5.82 Å². The lowest BCUT2D eigenvalue weighted by Gasteiger charge is -2.48. The molecule has 0 bridgehead atoms. The van der Waals surface area contributed by atoms with E-state index in [0.29, 0.717) is 42.1 Å². The van der Waals surface area contributed by atoms with Gasteiger partial charge in [0.2, 0.25) is 5.91 Å². The zero-order valence-electron chi connectivity index (χ0n) is 26.3. The van der Waals surface area contributed by atoms with Crippen LogP contribution in [-0.2, 0) is 28.6 Å². The lowest BCUT2D eigenvalue weighted by atomic mass is 9.63. The molecule has 1 saturated heterocycles. The molecular weight excluding hydrogens is 586 g/mol. The number of hydrogen-bond acceptors (Lipinski definition) is 8. The minimum atomic E-state index is -1.02. The molecule has 238 valence electrons. The van der Waals surface area contributed by atoms with Crippen molar-refractivity contribution in [2.24, 2.45) is 5.92 Å². The number of nitrogens with one attached hydrogen (secondary N) is 3. The van der Waals surface area contributed by atoms with Crippen LogP contribution in [0.15, 0.2) is 45.7 Å². The average Bonchev–Trinajstić information content (AvgIpc) is 3.57. The highest BCUT2D eigenvalue weighted by Gasteiger charge is 2.57. The number of rotatable bonds is 5. The van der Waals surface area contributed by atoms with Gasteiger partial charge in [0.25, 0.3) is 11.8 Å². The topological polar surface area (TPSA) is 162 Å². The van der Waals surface area contributed by atoms with Crippen LogP contribution in [0.2, 0.25) is 0 Å². The smallest absolute Gasteiger partial charge is 0.355 e. The molecule has 2 aliphatic carbocycles. The molecule has 1 aromatic heterocycles. The summed E-state index contributed by atoms with van der Waals surface area (Å²) in [4.78, 5) is 58.2. The maximum absolute atomic E-state index is 13.6. The van der Waals surface area contributed by atoms with Gasteiger partial charge in [-0.3, -0.25) is 14.4 Å². The Morgan fingerprint density at radius 2 is 1.61 bits per heavy atom. The Bertz CT molecular complexity index is 1820. The summed E-state index contributed by atoms with van der Waals surface area (Å²) in [6, 6.07) is 12.8. The highest BCUT2D eigenvalue weighted by atomic mass is 16.5. The summed E-state index contributed by atoms with van der Waals surface area (Å²) in [5, 5.41) is 18.6. The van der Waals surface area contributed by atoms with E-state index >= 15 is 0 Å². The predicted molar refractivity (Wildman–Crippen MR) is 166 cm³/mol. The van der Waals surface area contributed by atoms with Crippen molar-refractivity contribution in [1.29, 1.82) is 5.26 Å². The molecule has 1 saturated carbocycles. The van der Waals surface area contributed by atoms with Gasteiger partial charge >= 0.3 is 5.76 Å². The fourth-order valence-electron chi connectivity index (χ4n) is 8.16. The normalized spacial score (nSPS) is 24.5. The number of carbonyl (C=O) groups excluding carboxylic acids is 3. The second kappa shape index (κ2) is 10.7. The summed E-state index contributed by atoms with van der Waals surface area (Å²) in [5.41, 5.74) is 2.80. The highest BCUT2D eigenvalue weighted by Crippen LogP contribution is 2.52. The third-order valence-corrected chi connectivity index (χ3v) is 10.6. The molecule has 0 radical (unpaired) electrons. The molecule has 12 heteroatoms. The monoisotopic (exact) mass is 623 g/mol. The number of aryl methyl sites for hydroxylation is 2. The second-order valence-corrected chi connectivity index (χ2v) is 13.4. The van der Waals surface area contributed by atoms with Crippen LogP contribution in [0.4, 0.5) is 0 Å². The molecule has 12 nitrogen and oxygen atoms in total. The third-order valence-electron chi connectivity index (χ3n) is 10.6. The van der Waals surface area contributed by atoms with Crippen LogP contribution in [0, 0.1) is 17.2 Å². The number of likely N-dealkylation sites (tertiary alicyclic amines) is 1. The van der Waals surface area contributed by atoms with Gasteiger partial charge in [-0.25, -0.2) is 4.79 Å². The van der Waals surface area contributed by atoms with Crippen molar-refractivity contribution < 1.29 is 18.9 Å². The Morgan fingerprint density at radius 3 is 2.17 bits per heavy atom. The summed E-state index contributed by atoms with van der Waals surface area (Å²) >= 11 is 0. The van der Waals surface area contributed by atoms with Gasteiger partial charge in [0.05, 0.1) is 23.6 Å². The van der Waals surface area contributed by atoms with Crippen LogP contribution in [0.25, 0.3) is 0 Å². The molecule has 3 N–H and O–H groups in total. The van der Waals surface area contributed by atoms with E-state index in [9.17, 15) is 24.4 Å². The van der Waals surface area contributed by atoms with Gasteiger partial charge in [-0.1, -0.05) is 12.1 Å². The van der Waals surface area contributed by atoms with E-state index in [2.05, 4.69) is 27.0 Å². The number of piperidine rings is 1. The molecule has 46 heavy (non-hydrogen) atoms. The van der Waals surface area contributed by atoms with Crippen molar-refractivity contribution in [3.05, 3.63) is 86.2 Å². The van der Waals surface area contributed by atoms with E-state index < -0.39 is 28.8 Å². The average molecular weight is 624 g/mol. The van der Waals surface area contributed by atoms with Crippen molar-refractivity contribution in [3.8, 4) is 6.07 Å². The van der Waals surface area contributed by atoms with Crippen LogP contribution >= 0.6 is 0 Å². The lowest BCUT2D eigenvalue weighted by Crippen LogP contribution is -2.59. The van der Waals surface area contributed by atoms with Crippen LogP contribution < -0.4 is 21.7 Å². The summed E-state index contributed by atoms with van der Waals surface area (Å²) in [7, 11) is 3.18. The molecule has 4 atom stereocenters. The Morgan fingerprint density at radius 1 is 1.00 bits per heavy atom. The summed E-state index contributed by atoms with van der Waals surface area (Å²) in [6.45, 7) is 3.91. The SMILES string of the molecule is CNC(=O)c1ccc2c(c1)CCc1cc(C(=O)NC)ccc1C21C[C@H](NCC(=O)N2C(C#N)C[C@@H]3C[C@@H]32)C(C)(C)n2oc(=O)nc21. The van der Waals surface area contributed by atoms with Gasteiger partial charge in [0, 0.05) is 37.3 Å². The number of nitrogens with zero attached hydrogens (tertiary/aromatic N) is 4. The fourth-order valence-corrected chi connectivity index (χ4v) is 8.16. The molecule has 4 aliphatic rings. The van der Waals surface area contributed by atoms with E-state index in [1.807, 2.05) is 38.1 Å². The van der Waals surface area contributed by atoms with Crippen LogP contribution in [-0.4, -0.2) is 71.1 Å². The maximum atomic E-state index is 13.6. The van der Waals surface area contributed by atoms with E-state index in [-0.39, 0.29) is 30.3 Å². The van der Waals surface area contributed by atoms with Gasteiger partial charge in [-0.05, 0) is 98.4 Å². The van der Waals surface area contributed by atoms with Crippen LogP contribution in [0.5, 0.6) is 0 Å². The zero-order valence-corrected chi connectivity index (χ0v) is 26.3. The molecule has 2 fully saturated rings. The minimum absolute atomic E-state index is 0.0186. The van der Waals surface area contributed by atoms with Crippen molar-refractivity contribution in [1.82, 2.24) is 30.6 Å². The first-order valence-electron chi connectivity index (χ1n) is 15.8. The molecule has 2 aliphatic heterocycles.